The molecule has 0 atom stereocenters. The quantitative estimate of drug-likeness (QED) is 0.182. The first-order chi connectivity index (χ1) is 26.1. The first kappa shape index (κ1) is 44.1. The van der Waals surface area contributed by atoms with Crippen molar-refractivity contribution in [2.75, 3.05) is 7.11 Å². The number of ether oxygens (including phenoxy) is 1. The second-order valence-electron chi connectivity index (χ2n) is 15.8. The fourth-order valence-electron chi connectivity index (χ4n) is 8.25. The van der Waals surface area contributed by atoms with Crippen molar-refractivity contribution in [1.29, 1.82) is 0 Å². The predicted octanol–water partition coefficient (Wildman–Crippen LogP) is 6.38. The van der Waals surface area contributed by atoms with Crippen LogP contribution in [0.25, 0.3) is 33.0 Å². The van der Waals surface area contributed by atoms with E-state index in [-0.39, 0.29) is 0 Å². The predicted molar refractivity (Wildman–Crippen MR) is 262 cm³/mol. The summed E-state index contributed by atoms with van der Waals surface area (Å²) in [5.74, 6) is 0.905. The summed E-state index contributed by atoms with van der Waals surface area (Å²) < 4.78 is 13.3. The Balaban J connectivity index is 0.000000171. The Kier molecular flexibility index (Phi) is 16.0. The molecule has 9 heteroatoms. The summed E-state index contributed by atoms with van der Waals surface area (Å²) in [4.78, 5) is 0. The van der Waals surface area contributed by atoms with Gasteiger partial charge in [0.05, 0.1) is 22.7 Å². The summed E-state index contributed by atoms with van der Waals surface area (Å²) >= 11 is 5.74. The molecule has 0 aliphatic carbocycles. The van der Waals surface area contributed by atoms with Crippen LogP contribution in [-0.2, 0) is 0 Å². The lowest BCUT2D eigenvalue weighted by molar-refractivity contribution is 0.415. The van der Waals surface area contributed by atoms with Gasteiger partial charge in [0.2, 0.25) is 0 Å². The number of furan rings is 1. The first-order valence-electron chi connectivity index (χ1n) is 19.6. The molecule has 0 aliphatic heterocycles. The van der Waals surface area contributed by atoms with E-state index in [2.05, 4.69) is 139 Å². The van der Waals surface area contributed by atoms with E-state index >= 15 is 0 Å². The van der Waals surface area contributed by atoms with E-state index in [1.165, 1.54) is 48.9 Å². The van der Waals surface area contributed by atoms with E-state index in [1.54, 1.807) is 12.3 Å². The Morgan fingerprint density at radius 3 is 1.84 bits per heavy atom. The van der Waals surface area contributed by atoms with Crippen LogP contribution in [0.3, 0.4) is 0 Å². The van der Waals surface area contributed by atoms with Gasteiger partial charge >= 0.3 is 0 Å². The molecule has 3 nitrogen and oxygen atoms in total. The molecule has 7 rings (SSSR count). The summed E-state index contributed by atoms with van der Waals surface area (Å²) in [6.07, 6.45) is 2.49. The molecule has 0 saturated heterocycles. The average Bonchev–Trinajstić information content (AvgIpc) is 3.69. The Labute approximate surface area is 348 Å². The van der Waals surface area contributed by atoms with Crippen LogP contribution in [0.2, 0.25) is 21.6 Å². The molecular formula is C46H62ClNO2Si5. The number of aryl methyl sites for hydroxylation is 2. The number of benzene rings is 5. The molecule has 0 bridgehead atoms. The van der Waals surface area contributed by atoms with Gasteiger partial charge in [-0.2, -0.15) is 0 Å². The molecule has 290 valence electrons. The molecule has 55 heavy (non-hydrogen) atoms. The van der Waals surface area contributed by atoms with Gasteiger partial charge in [-0.1, -0.05) is 147 Å². The summed E-state index contributed by atoms with van der Waals surface area (Å²) in [6.45, 7) is 18.9. The Morgan fingerprint density at radius 1 is 0.655 bits per heavy atom. The normalized spacial score (nSPS) is 11.4. The van der Waals surface area contributed by atoms with Gasteiger partial charge < -0.3 is 13.4 Å². The van der Waals surface area contributed by atoms with Crippen LogP contribution in [0.15, 0.2) is 126 Å². The van der Waals surface area contributed by atoms with Crippen molar-refractivity contribution in [3.8, 4) is 16.9 Å². The number of hydrogen-bond donors (Lipinski definition) is 0. The number of aromatic nitrogens is 1. The van der Waals surface area contributed by atoms with E-state index in [1.807, 2.05) is 42.5 Å². The lowest BCUT2D eigenvalue weighted by Crippen LogP contribution is -2.51. The van der Waals surface area contributed by atoms with Crippen LogP contribution in [0.1, 0.15) is 52.7 Å². The van der Waals surface area contributed by atoms with Crippen molar-refractivity contribution in [3.63, 3.8) is 0 Å². The number of rotatable bonds is 6. The fourth-order valence-corrected chi connectivity index (χ4v) is 18.1. The maximum atomic E-state index is 5.74. The van der Waals surface area contributed by atoms with Crippen molar-refractivity contribution in [1.82, 2.24) is 4.23 Å². The monoisotopic (exact) mass is 835 g/mol. The minimum absolute atomic E-state index is 0.749. The number of methoxy groups -OCH3 is 1. The highest BCUT2D eigenvalue weighted by Gasteiger charge is 2.45. The van der Waals surface area contributed by atoms with Crippen LogP contribution < -0.4 is 25.7 Å². The van der Waals surface area contributed by atoms with Gasteiger partial charge in [0.15, 0.2) is 8.24 Å². The second kappa shape index (κ2) is 20.0. The zero-order chi connectivity index (χ0) is 40.4. The van der Waals surface area contributed by atoms with Gasteiger partial charge in [-0.05, 0) is 101 Å². The van der Waals surface area contributed by atoms with E-state index in [4.69, 9.17) is 20.8 Å². The molecule has 2 aromatic heterocycles. The van der Waals surface area contributed by atoms with E-state index in [0.29, 0.717) is 0 Å². The fraction of sp³-hybridized carbons (Fsp3) is 0.261. The topological polar surface area (TPSA) is 27.3 Å². The molecule has 7 aromatic rings. The van der Waals surface area contributed by atoms with Crippen molar-refractivity contribution >= 4 is 104 Å². The van der Waals surface area contributed by atoms with Crippen molar-refractivity contribution in [2.45, 2.75) is 72.0 Å². The van der Waals surface area contributed by atoms with E-state index in [0.717, 1.165) is 79.3 Å². The number of halogens is 1. The first-order valence-corrected chi connectivity index (χ1v) is 26.1. The van der Waals surface area contributed by atoms with Crippen LogP contribution in [0.5, 0.6) is 5.75 Å². The SMILES string of the molecule is CC(C)[Si](C(C)C)(C(C)C)n1cc([SiH3])c2ccccc21.COc1ccc(-c2cc(C)cc([SiH3])c2)cc1.Cc1ccc(Cl)cc1[SiH3].[SiH3]c1cc2ccccc2o1. The van der Waals surface area contributed by atoms with Crippen molar-refractivity contribution in [3.05, 3.63) is 138 Å². The largest absolute Gasteiger partial charge is 0.497 e. The highest BCUT2D eigenvalue weighted by Crippen LogP contribution is 2.43. The van der Waals surface area contributed by atoms with Gasteiger partial charge in [0.25, 0.3) is 0 Å². The Bertz CT molecular complexity index is 2220. The number of para-hydroxylation sites is 2. The zero-order valence-corrected chi connectivity index (χ0v) is 45.2. The van der Waals surface area contributed by atoms with Gasteiger partial charge in [0, 0.05) is 46.7 Å². The molecule has 0 amide bonds. The molecule has 0 N–H and O–H groups in total. The lowest BCUT2D eigenvalue weighted by Gasteiger charge is -2.44. The lowest BCUT2D eigenvalue weighted by atomic mass is 10.0. The van der Waals surface area contributed by atoms with Crippen LogP contribution >= 0.6 is 11.6 Å². The zero-order valence-electron chi connectivity index (χ0n) is 35.4. The molecular weight excluding hydrogens is 774 g/mol. The molecule has 0 fully saturated rings. The average molecular weight is 837 g/mol. The van der Waals surface area contributed by atoms with Crippen LogP contribution in [-0.4, -0.2) is 60.5 Å². The highest BCUT2D eigenvalue weighted by molar-refractivity contribution is 6.83. The Hall–Kier alpha value is -3.65. The molecule has 0 unspecified atom stereocenters. The summed E-state index contributed by atoms with van der Waals surface area (Å²) in [6, 6.07) is 40.2. The highest BCUT2D eigenvalue weighted by atomic mass is 35.5. The second-order valence-corrected chi connectivity index (χ2v) is 26.2. The number of hydrogen-bond acceptors (Lipinski definition) is 2. The minimum Gasteiger partial charge on any atom is -0.497 e. The van der Waals surface area contributed by atoms with Crippen LogP contribution in [0, 0.1) is 13.8 Å². The minimum atomic E-state index is -1.61. The summed E-state index contributed by atoms with van der Waals surface area (Å²) in [5, 5.41) is 9.05. The van der Waals surface area contributed by atoms with Crippen molar-refractivity contribution < 1.29 is 9.15 Å². The maximum Gasteiger partial charge on any atom is 0.169 e. The maximum absolute atomic E-state index is 5.74. The molecule has 0 radical (unpaired) electrons. The molecule has 5 aromatic carbocycles. The molecule has 0 saturated carbocycles. The Morgan fingerprint density at radius 2 is 1.27 bits per heavy atom. The third kappa shape index (κ3) is 11.0. The number of nitrogens with zero attached hydrogens (tertiary/aromatic N) is 1. The van der Waals surface area contributed by atoms with E-state index < -0.39 is 8.24 Å². The smallest absolute Gasteiger partial charge is 0.169 e. The summed E-state index contributed by atoms with van der Waals surface area (Å²) in [5.41, 5.74) is 9.96. The van der Waals surface area contributed by atoms with Crippen molar-refractivity contribution in [2.24, 2.45) is 0 Å². The molecule has 0 aliphatic rings. The third-order valence-electron chi connectivity index (χ3n) is 10.8. The van der Waals surface area contributed by atoms with Gasteiger partial charge in [0.1, 0.15) is 11.3 Å². The van der Waals surface area contributed by atoms with Gasteiger partial charge in [-0.25, -0.2) is 0 Å². The molecule has 0 spiro atoms. The van der Waals surface area contributed by atoms with E-state index in [9.17, 15) is 0 Å². The summed E-state index contributed by atoms with van der Waals surface area (Å²) in [7, 11) is 4.40. The molecule has 2 heterocycles. The van der Waals surface area contributed by atoms with Gasteiger partial charge in [-0.15, -0.1) is 0 Å². The standard InChI is InChI=1S/C17H29NSi2.C14H16OSi.C8H8OSi.C7H9ClSi/c1-12(2)20(13(3)4,14(5)6)18-11-17(19)15-9-7-8-10-16(15)18;1-10-7-12(9-14(16)8-10)11-3-5-13(15-2)6-4-11;10-8-5-6-3-1-2-4-7(6)9-8;1-5-2-3-6(8)4-7(5)9/h7-14H,1-6,19H3;3-9H,1-2,16H3;1-5H,10H3;2-4H,1,9H3. The third-order valence-corrected chi connectivity index (χ3v) is 20.7. The number of fused-ring (bicyclic) bond motifs is 2. The van der Waals surface area contributed by atoms with Crippen LogP contribution in [0.4, 0.5) is 0 Å². The van der Waals surface area contributed by atoms with Gasteiger partial charge in [-0.3, -0.25) is 0 Å².